The zero-order valence-corrected chi connectivity index (χ0v) is 14.9. The molecule has 3 rings (SSSR count). The normalized spacial score (nSPS) is 22.8. The van der Waals surface area contributed by atoms with E-state index in [1.54, 1.807) is 0 Å². The molecule has 22 heavy (non-hydrogen) atoms. The van der Waals surface area contributed by atoms with Crippen molar-refractivity contribution < 1.29 is 4.79 Å². The first-order valence-corrected chi connectivity index (χ1v) is 9.56. The van der Waals surface area contributed by atoms with Crippen LogP contribution >= 0.6 is 35.6 Å². The number of benzene rings is 1. The molecule has 1 aromatic rings. The summed E-state index contributed by atoms with van der Waals surface area (Å²) in [5.74, 6) is 0.971. The molecule has 2 aliphatic rings. The second-order valence-corrected chi connectivity index (χ2v) is 8.41. The van der Waals surface area contributed by atoms with Crippen LogP contribution in [0.25, 0.3) is 0 Å². The summed E-state index contributed by atoms with van der Waals surface area (Å²) in [5, 5.41) is 0.653. The van der Waals surface area contributed by atoms with Gasteiger partial charge in [-0.15, -0.1) is 0 Å². The van der Waals surface area contributed by atoms with E-state index in [4.69, 9.17) is 23.8 Å². The monoisotopic (exact) mass is 353 g/mol. The van der Waals surface area contributed by atoms with Crippen LogP contribution in [0.3, 0.4) is 0 Å². The fourth-order valence-electron chi connectivity index (χ4n) is 3.28. The Balaban J connectivity index is 1.57. The predicted molar refractivity (Wildman–Crippen MR) is 97.4 cm³/mol. The summed E-state index contributed by atoms with van der Waals surface area (Å²) in [6.07, 6.45) is 7.14. The Morgan fingerprint density at radius 1 is 1.23 bits per heavy atom. The molecule has 1 atom stereocenters. The molecular weight excluding hydrogens is 334 g/mol. The second kappa shape index (κ2) is 7.33. The highest BCUT2D eigenvalue weighted by Crippen LogP contribution is 2.33. The molecule has 1 heterocycles. The first-order chi connectivity index (χ1) is 10.6. The van der Waals surface area contributed by atoms with E-state index >= 15 is 0 Å². The predicted octanol–water partition coefficient (Wildman–Crippen LogP) is 4.69. The molecule has 0 bridgehead atoms. The summed E-state index contributed by atoms with van der Waals surface area (Å²) in [6.45, 7) is 0.798. The number of hydrogen-bond acceptors (Lipinski definition) is 3. The van der Waals surface area contributed by atoms with Crippen molar-refractivity contribution in [1.29, 1.82) is 0 Å². The SMILES string of the molecule is O=C1[C@@H](Cc2ccc(Cl)cc2)SC(=S)N1CCC1CCCC1. The number of halogens is 1. The quantitative estimate of drug-likeness (QED) is 0.716. The molecule has 0 aromatic heterocycles. The molecule has 2 fully saturated rings. The first-order valence-electron chi connectivity index (χ1n) is 7.90. The van der Waals surface area contributed by atoms with Crippen molar-refractivity contribution in [3.63, 3.8) is 0 Å². The van der Waals surface area contributed by atoms with Crippen molar-refractivity contribution in [2.75, 3.05) is 6.54 Å². The number of thioether (sulfide) groups is 1. The van der Waals surface area contributed by atoms with E-state index in [1.165, 1.54) is 37.4 Å². The second-order valence-electron chi connectivity index (χ2n) is 6.13. The third-order valence-corrected chi connectivity index (χ3v) is 6.41. The van der Waals surface area contributed by atoms with Gasteiger partial charge in [0.25, 0.3) is 0 Å². The lowest BCUT2D eigenvalue weighted by atomic mass is 10.0. The highest BCUT2D eigenvalue weighted by Gasteiger charge is 2.36. The van der Waals surface area contributed by atoms with Gasteiger partial charge in [0.15, 0.2) is 0 Å². The van der Waals surface area contributed by atoms with E-state index in [2.05, 4.69) is 0 Å². The molecule has 2 nitrogen and oxygen atoms in total. The molecule has 118 valence electrons. The van der Waals surface area contributed by atoms with Gasteiger partial charge in [0.1, 0.15) is 4.32 Å². The van der Waals surface area contributed by atoms with Crippen LogP contribution in [0.4, 0.5) is 0 Å². The van der Waals surface area contributed by atoms with E-state index in [0.29, 0.717) is 0 Å². The van der Waals surface area contributed by atoms with Gasteiger partial charge in [-0.05, 0) is 36.5 Å². The van der Waals surface area contributed by atoms with Gasteiger partial charge in [-0.3, -0.25) is 9.69 Å². The average Bonchev–Trinajstić information content (AvgIpc) is 3.10. The summed E-state index contributed by atoms with van der Waals surface area (Å²) in [5.41, 5.74) is 1.13. The number of nitrogens with zero attached hydrogens (tertiary/aromatic N) is 1. The summed E-state index contributed by atoms with van der Waals surface area (Å²) in [6, 6.07) is 7.72. The standard InChI is InChI=1S/C17H20ClNOS2/c18-14-7-5-13(6-8-14)11-15-16(20)19(17(21)22-15)10-9-12-3-1-2-4-12/h5-8,12,15H,1-4,9-11H2/t15-/m1/s1. The molecule has 0 unspecified atom stereocenters. The first kappa shape index (κ1) is 16.3. The lowest BCUT2D eigenvalue weighted by molar-refractivity contribution is -0.126. The van der Waals surface area contributed by atoms with E-state index in [-0.39, 0.29) is 11.2 Å². The van der Waals surface area contributed by atoms with Crippen LogP contribution in [0.15, 0.2) is 24.3 Å². The molecule has 5 heteroatoms. The maximum atomic E-state index is 12.6. The minimum atomic E-state index is -0.0720. The smallest absolute Gasteiger partial charge is 0.241 e. The van der Waals surface area contributed by atoms with Gasteiger partial charge in [-0.1, -0.05) is 73.4 Å². The van der Waals surface area contributed by atoms with Gasteiger partial charge in [-0.25, -0.2) is 0 Å². The van der Waals surface area contributed by atoms with Crippen molar-refractivity contribution in [3.8, 4) is 0 Å². The molecule has 1 saturated heterocycles. The van der Waals surface area contributed by atoms with Crippen LogP contribution in [0.1, 0.15) is 37.7 Å². The van der Waals surface area contributed by atoms with E-state index < -0.39 is 0 Å². The van der Waals surface area contributed by atoms with Crippen LogP contribution < -0.4 is 0 Å². The van der Waals surface area contributed by atoms with Crippen molar-refractivity contribution in [2.24, 2.45) is 5.92 Å². The molecule has 1 aromatic carbocycles. The van der Waals surface area contributed by atoms with E-state index in [1.807, 2.05) is 29.2 Å². The largest absolute Gasteiger partial charge is 0.297 e. The summed E-state index contributed by atoms with van der Waals surface area (Å²) in [7, 11) is 0. The van der Waals surface area contributed by atoms with Crippen LogP contribution in [0.5, 0.6) is 0 Å². The zero-order chi connectivity index (χ0) is 15.5. The average molecular weight is 354 g/mol. The molecule has 1 saturated carbocycles. The lowest BCUT2D eigenvalue weighted by Crippen LogP contribution is -2.33. The van der Waals surface area contributed by atoms with Gasteiger partial charge >= 0.3 is 0 Å². The van der Waals surface area contributed by atoms with E-state index in [9.17, 15) is 4.79 Å². The maximum Gasteiger partial charge on any atom is 0.241 e. The van der Waals surface area contributed by atoms with Crippen molar-refractivity contribution in [3.05, 3.63) is 34.9 Å². The third kappa shape index (κ3) is 3.84. The van der Waals surface area contributed by atoms with Gasteiger partial charge in [0.2, 0.25) is 5.91 Å². The van der Waals surface area contributed by atoms with Gasteiger partial charge < -0.3 is 0 Å². The summed E-state index contributed by atoms with van der Waals surface area (Å²) in [4.78, 5) is 14.4. The highest BCUT2D eigenvalue weighted by atomic mass is 35.5. The van der Waals surface area contributed by atoms with E-state index in [0.717, 1.165) is 40.2 Å². The third-order valence-electron chi connectivity index (χ3n) is 4.57. The zero-order valence-electron chi connectivity index (χ0n) is 12.5. The molecule has 1 amide bonds. The molecule has 1 aliphatic heterocycles. The maximum absolute atomic E-state index is 12.6. The molecular formula is C17H20ClNOS2. The fraction of sp³-hybridized carbons (Fsp3) is 0.529. The Labute approximate surface area is 146 Å². The van der Waals surface area contributed by atoms with Gasteiger partial charge in [-0.2, -0.15) is 0 Å². The summed E-state index contributed by atoms with van der Waals surface area (Å²) < 4.78 is 0.752. The molecule has 1 aliphatic carbocycles. The Morgan fingerprint density at radius 3 is 2.59 bits per heavy atom. The van der Waals surface area contributed by atoms with Gasteiger partial charge in [0.05, 0.1) is 5.25 Å². The fourth-order valence-corrected chi connectivity index (χ4v) is 4.99. The number of rotatable bonds is 5. The minimum Gasteiger partial charge on any atom is -0.297 e. The number of thiocarbonyl (C=S) groups is 1. The molecule has 0 N–H and O–H groups in total. The Hall–Kier alpha value is -0.580. The van der Waals surface area contributed by atoms with Crippen LogP contribution in [-0.2, 0) is 11.2 Å². The van der Waals surface area contributed by atoms with Gasteiger partial charge in [0, 0.05) is 11.6 Å². The molecule has 0 spiro atoms. The highest BCUT2D eigenvalue weighted by molar-refractivity contribution is 8.24. The Morgan fingerprint density at radius 2 is 1.91 bits per heavy atom. The van der Waals surface area contributed by atoms with Crippen molar-refractivity contribution >= 4 is 45.8 Å². The number of amides is 1. The number of hydrogen-bond donors (Lipinski definition) is 0. The van der Waals surface area contributed by atoms with Crippen LogP contribution in [0.2, 0.25) is 5.02 Å². The van der Waals surface area contributed by atoms with Crippen LogP contribution in [0, 0.1) is 5.92 Å². The minimum absolute atomic E-state index is 0.0720. The lowest BCUT2D eigenvalue weighted by Gasteiger charge is -2.18. The topological polar surface area (TPSA) is 20.3 Å². The Bertz CT molecular complexity index is 554. The number of carbonyl (C=O) groups excluding carboxylic acids is 1. The van der Waals surface area contributed by atoms with Crippen LogP contribution in [-0.4, -0.2) is 26.9 Å². The summed E-state index contributed by atoms with van der Waals surface area (Å²) >= 11 is 12.9. The molecule has 0 radical (unpaired) electrons. The Kier molecular flexibility index (Phi) is 5.42. The van der Waals surface area contributed by atoms with Crippen molar-refractivity contribution in [1.82, 2.24) is 4.90 Å². The number of carbonyl (C=O) groups is 1. The van der Waals surface area contributed by atoms with Crippen molar-refractivity contribution in [2.45, 2.75) is 43.8 Å².